The van der Waals surface area contributed by atoms with Gasteiger partial charge in [0.1, 0.15) is 5.56 Å². The molecule has 0 saturated carbocycles. The number of nitro benzene ring substituents is 1. The highest BCUT2D eigenvalue weighted by Crippen LogP contribution is 2.31. The summed E-state index contributed by atoms with van der Waals surface area (Å²) in [4.78, 5) is 33.3. The van der Waals surface area contributed by atoms with Crippen molar-refractivity contribution in [2.75, 3.05) is 14.2 Å². The molecule has 8 heteroatoms. The number of nitrogens with zero attached hydrogens (tertiary/aromatic N) is 2. The molecule has 104 valence electrons. The van der Waals surface area contributed by atoms with Crippen LogP contribution in [0.1, 0.15) is 21.8 Å². The molecular weight excluding hydrogens is 268 g/mol. The Hall–Kier alpha value is -2.95. The number of nitriles is 1. The molecular formula is C12H10N2O6. The van der Waals surface area contributed by atoms with E-state index in [4.69, 9.17) is 5.26 Å². The van der Waals surface area contributed by atoms with Gasteiger partial charge in [-0.2, -0.15) is 5.26 Å². The van der Waals surface area contributed by atoms with E-state index in [1.807, 2.05) is 0 Å². The van der Waals surface area contributed by atoms with Crippen molar-refractivity contribution in [1.29, 1.82) is 5.26 Å². The Balaban J connectivity index is 3.55. The maximum Gasteiger partial charge on any atom is 0.344 e. The summed E-state index contributed by atoms with van der Waals surface area (Å²) < 4.78 is 8.86. The van der Waals surface area contributed by atoms with Gasteiger partial charge in [0.15, 0.2) is 5.92 Å². The summed E-state index contributed by atoms with van der Waals surface area (Å²) in [7, 11) is 2.13. The molecule has 1 aromatic rings. The lowest BCUT2D eigenvalue weighted by atomic mass is 9.96. The first-order valence-electron chi connectivity index (χ1n) is 5.31. The Morgan fingerprint density at radius 2 is 2.00 bits per heavy atom. The molecule has 20 heavy (non-hydrogen) atoms. The molecule has 1 unspecified atom stereocenters. The van der Waals surface area contributed by atoms with Crippen molar-refractivity contribution >= 4 is 17.6 Å². The van der Waals surface area contributed by atoms with Gasteiger partial charge in [0.05, 0.1) is 30.8 Å². The van der Waals surface area contributed by atoms with Crippen LogP contribution in [0.25, 0.3) is 0 Å². The van der Waals surface area contributed by atoms with Crippen LogP contribution in [0.4, 0.5) is 5.69 Å². The van der Waals surface area contributed by atoms with Crippen LogP contribution in [0, 0.1) is 21.4 Å². The highest BCUT2D eigenvalue weighted by atomic mass is 16.6. The third-order valence-corrected chi connectivity index (χ3v) is 2.53. The number of ether oxygens (including phenoxy) is 2. The van der Waals surface area contributed by atoms with E-state index >= 15 is 0 Å². The minimum atomic E-state index is -1.50. The zero-order chi connectivity index (χ0) is 15.3. The Bertz CT molecular complexity index is 604. The van der Waals surface area contributed by atoms with Crippen molar-refractivity contribution in [3.63, 3.8) is 0 Å². The zero-order valence-electron chi connectivity index (χ0n) is 10.7. The molecule has 0 N–H and O–H groups in total. The van der Waals surface area contributed by atoms with E-state index in [1.165, 1.54) is 18.2 Å². The van der Waals surface area contributed by atoms with Gasteiger partial charge in [0, 0.05) is 0 Å². The van der Waals surface area contributed by atoms with Gasteiger partial charge in [0.2, 0.25) is 0 Å². The molecule has 8 nitrogen and oxygen atoms in total. The Labute approximate surface area is 113 Å². The predicted molar refractivity (Wildman–Crippen MR) is 64.8 cm³/mol. The number of carbonyl (C=O) groups is 2. The van der Waals surface area contributed by atoms with Crippen LogP contribution < -0.4 is 0 Å². The van der Waals surface area contributed by atoms with Crippen molar-refractivity contribution in [2.45, 2.75) is 5.92 Å². The monoisotopic (exact) mass is 278 g/mol. The number of esters is 2. The van der Waals surface area contributed by atoms with E-state index in [9.17, 15) is 19.7 Å². The molecule has 0 fully saturated rings. The molecule has 0 aliphatic rings. The number of hydrogen-bond acceptors (Lipinski definition) is 7. The minimum Gasteiger partial charge on any atom is -0.468 e. The summed E-state index contributed by atoms with van der Waals surface area (Å²) >= 11 is 0. The van der Waals surface area contributed by atoms with Gasteiger partial charge in [0.25, 0.3) is 5.69 Å². The average Bonchev–Trinajstić information content (AvgIpc) is 2.46. The first-order valence-corrected chi connectivity index (χ1v) is 5.31. The standard InChI is InChI=1S/C12H10N2O6/c1-19-11(15)8-5-3-4-7(10(8)14(17)18)9(6-13)12(16)20-2/h3-5,9H,1-2H3. The van der Waals surface area contributed by atoms with Crippen molar-refractivity contribution in [2.24, 2.45) is 0 Å². The number of para-hydroxylation sites is 1. The fourth-order valence-corrected chi connectivity index (χ4v) is 1.64. The first-order chi connectivity index (χ1) is 9.47. The lowest BCUT2D eigenvalue weighted by molar-refractivity contribution is -0.386. The largest absolute Gasteiger partial charge is 0.468 e. The quantitative estimate of drug-likeness (QED) is 0.460. The van der Waals surface area contributed by atoms with E-state index in [1.54, 1.807) is 6.07 Å². The van der Waals surface area contributed by atoms with Crippen LogP contribution in [0.2, 0.25) is 0 Å². The lowest BCUT2D eigenvalue weighted by Crippen LogP contribution is -2.16. The van der Waals surface area contributed by atoms with Gasteiger partial charge in [-0.3, -0.25) is 14.9 Å². The fraction of sp³-hybridized carbons (Fsp3) is 0.250. The summed E-state index contributed by atoms with van der Waals surface area (Å²) in [6.07, 6.45) is 0. The van der Waals surface area contributed by atoms with Gasteiger partial charge in [-0.05, 0) is 6.07 Å². The average molecular weight is 278 g/mol. The summed E-state index contributed by atoms with van der Waals surface area (Å²) in [6.45, 7) is 0. The number of hydrogen-bond donors (Lipinski definition) is 0. The fourth-order valence-electron chi connectivity index (χ4n) is 1.64. The van der Waals surface area contributed by atoms with E-state index < -0.39 is 28.5 Å². The molecule has 0 amide bonds. The molecule has 0 aromatic heterocycles. The third kappa shape index (κ3) is 2.72. The minimum absolute atomic E-state index is 0.216. The molecule has 0 spiro atoms. The van der Waals surface area contributed by atoms with Crippen LogP contribution in [-0.2, 0) is 14.3 Å². The van der Waals surface area contributed by atoms with Gasteiger partial charge >= 0.3 is 11.9 Å². The van der Waals surface area contributed by atoms with E-state index in [0.717, 1.165) is 14.2 Å². The lowest BCUT2D eigenvalue weighted by Gasteiger charge is -2.09. The van der Waals surface area contributed by atoms with Crippen molar-refractivity contribution in [1.82, 2.24) is 0 Å². The zero-order valence-corrected chi connectivity index (χ0v) is 10.7. The molecule has 0 heterocycles. The van der Waals surface area contributed by atoms with Crippen LogP contribution in [0.5, 0.6) is 0 Å². The smallest absolute Gasteiger partial charge is 0.344 e. The predicted octanol–water partition coefficient (Wildman–Crippen LogP) is 1.16. The molecule has 0 radical (unpaired) electrons. The second-order valence-electron chi connectivity index (χ2n) is 3.58. The highest BCUT2D eigenvalue weighted by Gasteiger charge is 2.33. The molecule has 1 rings (SSSR count). The third-order valence-electron chi connectivity index (χ3n) is 2.53. The van der Waals surface area contributed by atoms with Gasteiger partial charge < -0.3 is 9.47 Å². The van der Waals surface area contributed by atoms with E-state index in [2.05, 4.69) is 9.47 Å². The highest BCUT2D eigenvalue weighted by molar-refractivity contribution is 5.96. The number of nitro groups is 1. The van der Waals surface area contributed by atoms with E-state index in [-0.39, 0.29) is 11.1 Å². The van der Waals surface area contributed by atoms with Crippen molar-refractivity contribution < 1.29 is 24.0 Å². The topological polar surface area (TPSA) is 120 Å². The van der Waals surface area contributed by atoms with Crippen molar-refractivity contribution in [3.05, 3.63) is 39.4 Å². The van der Waals surface area contributed by atoms with Gasteiger partial charge in [-0.25, -0.2) is 4.79 Å². The van der Waals surface area contributed by atoms with Gasteiger partial charge in [-0.1, -0.05) is 12.1 Å². The summed E-state index contributed by atoms with van der Waals surface area (Å²) in [6, 6.07) is 5.34. The maximum atomic E-state index is 11.5. The summed E-state index contributed by atoms with van der Waals surface area (Å²) in [5.41, 5.74) is -1.19. The number of benzene rings is 1. The number of methoxy groups -OCH3 is 2. The molecule has 0 bridgehead atoms. The van der Waals surface area contributed by atoms with Gasteiger partial charge in [-0.15, -0.1) is 0 Å². The summed E-state index contributed by atoms with van der Waals surface area (Å²) in [5.74, 6) is -3.37. The van der Waals surface area contributed by atoms with Crippen LogP contribution in [-0.4, -0.2) is 31.1 Å². The molecule has 1 atom stereocenters. The number of carbonyl (C=O) groups excluding carboxylic acids is 2. The van der Waals surface area contributed by atoms with E-state index in [0.29, 0.717) is 0 Å². The Morgan fingerprint density at radius 3 is 2.45 bits per heavy atom. The number of rotatable bonds is 4. The van der Waals surface area contributed by atoms with Crippen molar-refractivity contribution in [3.8, 4) is 6.07 Å². The Morgan fingerprint density at radius 1 is 1.35 bits per heavy atom. The van der Waals surface area contributed by atoms with Crippen LogP contribution >= 0.6 is 0 Å². The Kier molecular flexibility index (Phi) is 4.75. The normalized spacial score (nSPS) is 11.1. The molecule has 0 aliphatic heterocycles. The molecule has 0 aliphatic carbocycles. The molecule has 0 saturated heterocycles. The van der Waals surface area contributed by atoms with Crippen LogP contribution in [0.15, 0.2) is 18.2 Å². The second-order valence-corrected chi connectivity index (χ2v) is 3.58. The molecule has 1 aromatic carbocycles. The maximum absolute atomic E-state index is 11.5. The summed E-state index contributed by atoms with van der Waals surface area (Å²) in [5, 5.41) is 20.1. The van der Waals surface area contributed by atoms with Crippen LogP contribution in [0.3, 0.4) is 0 Å². The SMILES string of the molecule is COC(=O)c1cccc(C(C#N)C(=O)OC)c1[N+](=O)[O-]. The second kappa shape index (κ2) is 6.29. The first kappa shape index (κ1) is 15.1.